The third kappa shape index (κ3) is 3.18. The molecule has 1 saturated carbocycles. The number of aromatic nitrogens is 3. The molecular formula is C24H26N4O. The number of fused-ring (bicyclic) bond motifs is 1. The lowest BCUT2D eigenvalue weighted by atomic mass is 9.99. The average molecular weight is 386 g/mol. The molecule has 1 saturated heterocycles. The zero-order valence-electron chi connectivity index (χ0n) is 17.3. The molecule has 1 aliphatic heterocycles. The number of aryl methyl sites for hydroxylation is 2. The Labute approximate surface area is 171 Å². The lowest BCUT2D eigenvalue weighted by Gasteiger charge is -2.23. The van der Waals surface area contributed by atoms with Crippen LogP contribution in [0, 0.1) is 13.8 Å². The number of amides is 1. The maximum atomic E-state index is 13.5. The van der Waals surface area contributed by atoms with Gasteiger partial charge in [-0.25, -0.2) is 15.0 Å². The highest BCUT2D eigenvalue weighted by Gasteiger charge is 2.29. The topological polar surface area (TPSA) is 59.0 Å². The summed E-state index contributed by atoms with van der Waals surface area (Å²) < 4.78 is 0. The van der Waals surface area contributed by atoms with E-state index in [1.165, 1.54) is 18.4 Å². The zero-order chi connectivity index (χ0) is 20.1. The van der Waals surface area contributed by atoms with Crippen molar-refractivity contribution in [3.05, 3.63) is 53.1 Å². The van der Waals surface area contributed by atoms with Crippen molar-refractivity contribution in [3.8, 4) is 11.3 Å². The van der Waals surface area contributed by atoms with Gasteiger partial charge in [-0.2, -0.15) is 0 Å². The van der Waals surface area contributed by atoms with E-state index in [-0.39, 0.29) is 11.9 Å². The second kappa shape index (κ2) is 6.90. The van der Waals surface area contributed by atoms with E-state index < -0.39 is 0 Å². The van der Waals surface area contributed by atoms with E-state index >= 15 is 0 Å². The maximum Gasteiger partial charge on any atom is 0.254 e. The Balaban J connectivity index is 1.66. The number of hydrogen-bond donors (Lipinski definition) is 0. The van der Waals surface area contributed by atoms with Crippen molar-refractivity contribution in [1.82, 2.24) is 19.9 Å². The molecule has 2 aromatic heterocycles. The van der Waals surface area contributed by atoms with E-state index in [1.807, 2.05) is 29.4 Å². The summed E-state index contributed by atoms with van der Waals surface area (Å²) in [5, 5.41) is 0.927. The van der Waals surface area contributed by atoms with Gasteiger partial charge in [0.25, 0.3) is 5.91 Å². The minimum absolute atomic E-state index is 0.0995. The molecule has 0 spiro atoms. The van der Waals surface area contributed by atoms with Gasteiger partial charge in [0.05, 0.1) is 16.8 Å². The SMILES string of the molecule is Cc1ccc2c(C(=O)N3CCC[C@H]3C)cc(-c3cnc(C4CC4)nc3)nc2c1C. The van der Waals surface area contributed by atoms with Crippen molar-refractivity contribution in [1.29, 1.82) is 0 Å². The van der Waals surface area contributed by atoms with Gasteiger partial charge in [-0.05, 0) is 63.6 Å². The summed E-state index contributed by atoms with van der Waals surface area (Å²) in [5.74, 6) is 1.54. The highest BCUT2D eigenvalue weighted by molar-refractivity contribution is 6.08. The second-order valence-corrected chi connectivity index (χ2v) is 8.55. The minimum Gasteiger partial charge on any atom is -0.336 e. The van der Waals surface area contributed by atoms with E-state index in [0.717, 1.165) is 58.5 Å². The lowest BCUT2D eigenvalue weighted by Crippen LogP contribution is -2.33. The molecule has 1 atom stereocenters. The van der Waals surface area contributed by atoms with Gasteiger partial charge in [-0.1, -0.05) is 12.1 Å². The van der Waals surface area contributed by atoms with E-state index in [1.54, 1.807) is 0 Å². The van der Waals surface area contributed by atoms with Crippen LogP contribution in [0.5, 0.6) is 0 Å². The van der Waals surface area contributed by atoms with Gasteiger partial charge in [-0.15, -0.1) is 0 Å². The third-order valence-electron chi connectivity index (χ3n) is 6.46. The molecule has 2 aliphatic rings. The molecule has 1 amide bonds. The molecule has 29 heavy (non-hydrogen) atoms. The molecule has 1 aliphatic carbocycles. The van der Waals surface area contributed by atoms with Crippen LogP contribution in [0.25, 0.3) is 22.2 Å². The van der Waals surface area contributed by atoms with Crippen LogP contribution in [0.3, 0.4) is 0 Å². The number of carbonyl (C=O) groups is 1. The van der Waals surface area contributed by atoms with Gasteiger partial charge < -0.3 is 4.90 Å². The van der Waals surface area contributed by atoms with Gasteiger partial charge in [-0.3, -0.25) is 4.79 Å². The van der Waals surface area contributed by atoms with Gasteiger partial charge in [0.2, 0.25) is 0 Å². The van der Waals surface area contributed by atoms with Crippen LogP contribution in [-0.4, -0.2) is 38.3 Å². The largest absolute Gasteiger partial charge is 0.336 e. The first-order valence-corrected chi connectivity index (χ1v) is 10.6. The first-order valence-electron chi connectivity index (χ1n) is 10.6. The summed E-state index contributed by atoms with van der Waals surface area (Å²) in [6.07, 6.45) is 8.20. The van der Waals surface area contributed by atoms with Gasteiger partial charge in [0.1, 0.15) is 5.82 Å². The van der Waals surface area contributed by atoms with Gasteiger partial charge in [0, 0.05) is 41.8 Å². The van der Waals surface area contributed by atoms with Crippen LogP contribution >= 0.6 is 0 Å². The van der Waals surface area contributed by atoms with Crippen molar-refractivity contribution in [2.45, 2.75) is 58.4 Å². The molecule has 5 nitrogen and oxygen atoms in total. The number of pyridine rings is 1. The summed E-state index contributed by atoms with van der Waals surface area (Å²) in [7, 11) is 0. The summed E-state index contributed by atoms with van der Waals surface area (Å²) in [4.78, 5) is 29.5. The highest BCUT2D eigenvalue weighted by Crippen LogP contribution is 2.38. The normalized spacial score (nSPS) is 19.1. The number of likely N-dealkylation sites (tertiary alicyclic amines) is 1. The Morgan fingerprint density at radius 1 is 1.10 bits per heavy atom. The molecule has 3 heterocycles. The molecule has 0 unspecified atom stereocenters. The quantitative estimate of drug-likeness (QED) is 0.648. The predicted molar refractivity (Wildman–Crippen MR) is 114 cm³/mol. The van der Waals surface area contributed by atoms with E-state index in [2.05, 4.69) is 36.8 Å². The first-order chi connectivity index (χ1) is 14.0. The van der Waals surface area contributed by atoms with E-state index in [0.29, 0.717) is 5.92 Å². The summed E-state index contributed by atoms with van der Waals surface area (Å²) in [6.45, 7) is 7.12. The molecule has 1 aromatic carbocycles. The fourth-order valence-corrected chi connectivity index (χ4v) is 4.27. The number of hydrogen-bond acceptors (Lipinski definition) is 4. The zero-order valence-corrected chi connectivity index (χ0v) is 17.3. The van der Waals surface area contributed by atoms with E-state index in [9.17, 15) is 4.79 Å². The average Bonchev–Trinajstić information content (AvgIpc) is 3.50. The Morgan fingerprint density at radius 2 is 1.86 bits per heavy atom. The molecular weight excluding hydrogens is 360 g/mol. The van der Waals surface area contributed by atoms with Crippen LogP contribution in [0.2, 0.25) is 0 Å². The van der Waals surface area contributed by atoms with Crippen LogP contribution in [-0.2, 0) is 0 Å². The molecule has 5 rings (SSSR count). The van der Waals surface area contributed by atoms with Crippen molar-refractivity contribution >= 4 is 16.8 Å². The van der Waals surface area contributed by atoms with Crippen molar-refractivity contribution in [3.63, 3.8) is 0 Å². The smallest absolute Gasteiger partial charge is 0.254 e. The van der Waals surface area contributed by atoms with Crippen LogP contribution < -0.4 is 0 Å². The van der Waals surface area contributed by atoms with Crippen LogP contribution in [0.4, 0.5) is 0 Å². The highest BCUT2D eigenvalue weighted by atomic mass is 16.2. The van der Waals surface area contributed by atoms with Gasteiger partial charge >= 0.3 is 0 Å². The number of benzene rings is 1. The fourth-order valence-electron chi connectivity index (χ4n) is 4.27. The maximum absolute atomic E-state index is 13.5. The summed E-state index contributed by atoms with van der Waals surface area (Å²) >= 11 is 0. The minimum atomic E-state index is 0.0995. The number of nitrogens with zero attached hydrogens (tertiary/aromatic N) is 4. The van der Waals surface area contributed by atoms with Crippen LogP contribution in [0.15, 0.2) is 30.6 Å². The predicted octanol–water partition coefficient (Wildman–Crippen LogP) is 4.81. The summed E-state index contributed by atoms with van der Waals surface area (Å²) in [6, 6.07) is 6.33. The third-order valence-corrected chi connectivity index (χ3v) is 6.46. The Bertz CT molecular complexity index is 1100. The van der Waals surface area contributed by atoms with Crippen molar-refractivity contribution in [2.75, 3.05) is 6.54 Å². The van der Waals surface area contributed by atoms with Crippen molar-refractivity contribution < 1.29 is 4.79 Å². The lowest BCUT2D eigenvalue weighted by molar-refractivity contribution is 0.0749. The fraction of sp³-hybridized carbons (Fsp3) is 0.417. The molecule has 0 N–H and O–H groups in total. The Kier molecular flexibility index (Phi) is 4.34. The molecule has 0 radical (unpaired) electrons. The molecule has 3 aromatic rings. The van der Waals surface area contributed by atoms with Gasteiger partial charge in [0.15, 0.2) is 0 Å². The number of rotatable bonds is 3. The first kappa shape index (κ1) is 18.2. The van der Waals surface area contributed by atoms with Crippen molar-refractivity contribution in [2.24, 2.45) is 0 Å². The molecule has 0 bridgehead atoms. The monoisotopic (exact) mass is 386 g/mol. The van der Waals surface area contributed by atoms with Crippen LogP contribution in [0.1, 0.15) is 65.8 Å². The second-order valence-electron chi connectivity index (χ2n) is 8.55. The molecule has 148 valence electrons. The Morgan fingerprint density at radius 3 is 2.52 bits per heavy atom. The van der Waals surface area contributed by atoms with E-state index in [4.69, 9.17) is 4.98 Å². The standard InChI is InChI=1S/C24H26N4O/c1-14-6-9-19-20(24(29)28-10-4-5-15(28)2)11-21(27-22(19)16(14)3)18-12-25-23(26-13-18)17-7-8-17/h6,9,11-13,15,17H,4-5,7-8,10H2,1-3H3/t15-/m1/s1. The Hall–Kier alpha value is -2.82. The number of carbonyl (C=O) groups excluding carboxylic acids is 1. The molecule has 5 heteroatoms. The molecule has 2 fully saturated rings. The summed E-state index contributed by atoms with van der Waals surface area (Å²) in [5.41, 5.74) is 5.54.